The van der Waals surface area contributed by atoms with Gasteiger partial charge in [-0.25, -0.2) is 0 Å². The summed E-state index contributed by atoms with van der Waals surface area (Å²) in [5, 5.41) is 0. The van der Waals surface area contributed by atoms with Crippen molar-refractivity contribution in [3.63, 3.8) is 0 Å². The maximum atomic E-state index is 11.8. The molecule has 0 spiro atoms. The van der Waals surface area contributed by atoms with E-state index in [4.69, 9.17) is 10.5 Å². The predicted octanol–water partition coefficient (Wildman–Crippen LogP) is 1.92. The molecule has 0 aliphatic heterocycles. The van der Waals surface area contributed by atoms with Crippen molar-refractivity contribution in [1.82, 2.24) is 4.90 Å². The largest absolute Gasteiger partial charge is 0.468 e. The van der Waals surface area contributed by atoms with E-state index in [0.29, 0.717) is 6.04 Å². The van der Waals surface area contributed by atoms with E-state index in [2.05, 4.69) is 18.9 Å². The molecule has 0 amide bonds. The normalized spacial score (nSPS) is 28.4. The highest BCUT2D eigenvalue weighted by molar-refractivity contribution is 5.80. The van der Waals surface area contributed by atoms with E-state index in [0.717, 1.165) is 32.2 Å². The molecule has 1 aliphatic rings. The molecular weight excluding hydrogens is 228 g/mol. The molecule has 0 aromatic rings. The van der Waals surface area contributed by atoms with Gasteiger partial charge in [-0.2, -0.15) is 0 Å². The summed E-state index contributed by atoms with van der Waals surface area (Å²) in [6.45, 7) is 3.30. The van der Waals surface area contributed by atoms with Gasteiger partial charge >= 0.3 is 5.97 Å². The lowest BCUT2D eigenvalue weighted by molar-refractivity contribution is -0.149. The fourth-order valence-electron chi connectivity index (χ4n) is 2.84. The van der Waals surface area contributed by atoms with Gasteiger partial charge in [-0.15, -0.1) is 0 Å². The molecular formula is C14H28N2O2. The third-order valence-electron chi connectivity index (χ3n) is 4.09. The summed E-state index contributed by atoms with van der Waals surface area (Å²) < 4.78 is 4.84. The highest BCUT2D eigenvalue weighted by Gasteiger charge is 2.41. The summed E-state index contributed by atoms with van der Waals surface area (Å²) in [6.07, 6.45) is 7.34. The molecule has 0 saturated heterocycles. The second kappa shape index (κ2) is 7.10. The van der Waals surface area contributed by atoms with Crippen LogP contribution < -0.4 is 5.73 Å². The van der Waals surface area contributed by atoms with E-state index in [1.54, 1.807) is 0 Å². The van der Waals surface area contributed by atoms with Crippen LogP contribution in [0.1, 0.15) is 51.9 Å². The first kappa shape index (κ1) is 15.4. The Labute approximate surface area is 111 Å². The molecule has 0 radical (unpaired) electrons. The van der Waals surface area contributed by atoms with E-state index in [1.807, 2.05) is 0 Å². The number of rotatable bonds is 6. The van der Waals surface area contributed by atoms with Crippen molar-refractivity contribution in [3.05, 3.63) is 0 Å². The van der Waals surface area contributed by atoms with Crippen LogP contribution in [0, 0.1) is 0 Å². The average Bonchev–Trinajstić information content (AvgIpc) is 2.38. The van der Waals surface area contributed by atoms with Crippen LogP contribution >= 0.6 is 0 Å². The van der Waals surface area contributed by atoms with Gasteiger partial charge in [-0.3, -0.25) is 4.79 Å². The molecule has 0 bridgehead atoms. The summed E-state index contributed by atoms with van der Waals surface area (Å²) in [7, 11) is 3.56. The molecule has 1 rings (SSSR count). The van der Waals surface area contributed by atoms with Crippen molar-refractivity contribution in [1.29, 1.82) is 0 Å². The molecule has 0 aromatic heterocycles. The number of carbonyl (C=O) groups excluding carboxylic acids is 1. The molecule has 2 N–H and O–H groups in total. The van der Waals surface area contributed by atoms with Gasteiger partial charge in [0.1, 0.15) is 5.54 Å². The molecule has 18 heavy (non-hydrogen) atoms. The Morgan fingerprint density at radius 2 is 2.22 bits per heavy atom. The second-order valence-electron chi connectivity index (χ2n) is 5.59. The number of methoxy groups -OCH3 is 1. The molecule has 1 fully saturated rings. The second-order valence-corrected chi connectivity index (χ2v) is 5.59. The number of nitrogens with two attached hydrogens (primary N) is 1. The highest BCUT2D eigenvalue weighted by atomic mass is 16.5. The van der Waals surface area contributed by atoms with Gasteiger partial charge in [0.15, 0.2) is 0 Å². The number of ether oxygens (including phenoxy) is 1. The zero-order valence-electron chi connectivity index (χ0n) is 12.1. The Bertz CT molecular complexity index is 271. The van der Waals surface area contributed by atoms with E-state index >= 15 is 0 Å². The first-order valence-corrected chi connectivity index (χ1v) is 7.11. The van der Waals surface area contributed by atoms with Crippen molar-refractivity contribution < 1.29 is 9.53 Å². The minimum absolute atomic E-state index is 0.255. The lowest BCUT2D eigenvalue weighted by Gasteiger charge is -2.39. The Balaban J connectivity index is 2.49. The molecule has 4 nitrogen and oxygen atoms in total. The van der Waals surface area contributed by atoms with E-state index in [1.165, 1.54) is 26.4 Å². The summed E-state index contributed by atoms with van der Waals surface area (Å²) in [5.74, 6) is -0.255. The van der Waals surface area contributed by atoms with Crippen molar-refractivity contribution in [2.75, 3.05) is 20.7 Å². The SMILES string of the molecule is CCCCCN(C)C1CCCC(N)(C(=O)OC)C1. The number of nitrogens with zero attached hydrogens (tertiary/aromatic N) is 1. The molecule has 106 valence electrons. The summed E-state index contributed by atoms with van der Waals surface area (Å²) in [6, 6.07) is 0.416. The van der Waals surface area contributed by atoms with Crippen molar-refractivity contribution in [2.45, 2.75) is 63.5 Å². The molecule has 1 aliphatic carbocycles. The van der Waals surface area contributed by atoms with Crippen LogP contribution in [0.2, 0.25) is 0 Å². The average molecular weight is 256 g/mol. The molecule has 4 heteroatoms. The smallest absolute Gasteiger partial charge is 0.325 e. The summed E-state index contributed by atoms with van der Waals surface area (Å²) in [4.78, 5) is 14.1. The predicted molar refractivity (Wildman–Crippen MR) is 73.3 cm³/mol. The molecule has 2 unspecified atom stereocenters. The number of hydrogen-bond acceptors (Lipinski definition) is 4. The quantitative estimate of drug-likeness (QED) is 0.583. The van der Waals surface area contributed by atoms with Crippen LogP contribution in [0.5, 0.6) is 0 Å². The zero-order valence-corrected chi connectivity index (χ0v) is 12.1. The maximum Gasteiger partial charge on any atom is 0.325 e. The maximum absolute atomic E-state index is 11.8. The van der Waals surface area contributed by atoms with E-state index in [-0.39, 0.29) is 5.97 Å². The van der Waals surface area contributed by atoms with Crippen LogP contribution in [0.25, 0.3) is 0 Å². The van der Waals surface area contributed by atoms with Crippen LogP contribution in [0.4, 0.5) is 0 Å². The van der Waals surface area contributed by atoms with Gasteiger partial charge in [-0.05, 0) is 45.7 Å². The van der Waals surface area contributed by atoms with Crippen molar-refractivity contribution in [2.24, 2.45) is 5.73 Å². The number of unbranched alkanes of at least 4 members (excludes halogenated alkanes) is 2. The number of hydrogen-bond donors (Lipinski definition) is 1. The fraction of sp³-hybridized carbons (Fsp3) is 0.929. The Kier molecular flexibility index (Phi) is 6.09. The monoisotopic (exact) mass is 256 g/mol. The van der Waals surface area contributed by atoms with Crippen LogP contribution in [0.3, 0.4) is 0 Å². The lowest BCUT2D eigenvalue weighted by atomic mass is 9.79. The first-order chi connectivity index (χ1) is 8.53. The van der Waals surface area contributed by atoms with Gasteiger partial charge in [0, 0.05) is 6.04 Å². The Morgan fingerprint density at radius 1 is 1.50 bits per heavy atom. The summed E-state index contributed by atoms with van der Waals surface area (Å²) >= 11 is 0. The van der Waals surface area contributed by atoms with Gasteiger partial charge in [0.2, 0.25) is 0 Å². The zero-order chi connectivity index (χ0) is 13.6. The van der Waals surface area contributed by atoms with Gasteiger partial charge in [-0.1, -0.05) is 19.8 Å². The van der Waals surface area contributed by atoms with E-state index < -0.39 is 5.54 Å². The Morgan fingerprint density at radius 3 is 2.83 bits per heavy atom. The number of carbonyl (C=O) groups is 1. The number of esters is 1. The lowest BCUT2D eigenvalue weighted by Crippen LogP contribution is -2.55. The highest BCUT2D eigenvalue weighted by Crippen LogP contribution is 2.30. The molecule has 1 saturated carbocycles. The standard InChI is InChI=1S/C14H28N2O2/c1-4-5-6-10-16(2)12-8-7-9-14(15,11-12)13(17)18-3/h12H,4-11,15H2,1-3H3. The van der Waals surface area contributed by atoms with Crippen molar-refractivity contribution >= 4 is 5.97 Å². The van der Waals surface area contributed by atoms with Crippen LogP contribution in [-0.2, 0) is 9.53 Å². The fourth-order valence-corrected chi connectivity index (χ4v) is 2.84. The summed E-state index contributed by atoms with van der Waals surface area (Å²) in [5.41, 5.74) is 5.43. The van der Waals surface area contributed by atoms with Gasteiger partial charge < -0.3 is 15.4 Å². The van der Waals surface area contributed by atoms with Gasteiger partial charge in [0.25, 0.3) is 0 Å². The van der Waals surface area contributed by atoms with E-state index in [9.17, 15) is 4.79 Å². The van der Waals surface area contributed by atoms with Gasteiger partial charge in [0.05, 0.1) is 7.11 Å². The minimum Gasteiger partial charge on any atom is -0.468 e. The molecule has 0 heterocycles. The van der Waals surface area contributed by atoms with Crippen LogP contribution in [-0.4, -0.2) is 43.2 Å². The third-order valence-corrected chi connectivity index (χ3v) is 4.09. The first-order valence-electron chi connectivity index (χ1n) is 7.11. The Hall–Kier alpha value is -0.610. The van der Waals surface area contributed by atoms with Crippen molar-refractivity contribution in [3.8, 4) is 0 Å². The minimum atomic E-state index is -0.767. The topological polar surface area (TPSA) is 55.6 Å². The van der Waals surface area contributed by atoms with Crippen LogP contribution in [0.15, 0.2) is 0 Å². The molecule has 2 atom stereocenters. The molecule has 0 aromatic carbocycles. The third kappa shape index (κ3) is 3.95.